The fourth-order valence-electron chi connectivity index (χ4n) is 2.17. The highest BCUT2D eigenvalue weighted by Gasteiger charge is 2.43. The molecule has 0 saturated heterocycles. The van der Waals surface area contributed by atoms with Gasteiger partial charge < -0.3 is 9.64 Å². The molecule has 0 bridgehead atoms. The van der Waals surface area contributed by atoms with Gasteiger partial charge in [-0.2, -0.15) is 18.4 Å². The molecule has 0 unspecified atom stereocenters. The molecule has 0 spiro atoms. The van der Waals surface area contributed by atoms with Crippen LogP contribution in [0.2, 0.25) is 0 Å². The van der Waals surface area contributed by atoms with Gasteiger partial charge in [-0.1, -0.05) is 0 Å². The number of carbonyl (C=O) groups excluding carboxylic acids is 1. The summed E-state index contributed by atoms with van der Waals surface area (Å²) < 4.78 is 40.6. The monoisotopic (exact) mass is 313 g/mol. The predicted octanol–water partition coefficient (Wildman–Crippen LogP) is 2.54. The number of halogens is 3. The van der Waals surface area contributed by atoms with Crippen LogP contribution in [-0.2, 0) is 0 Å². The third-order valence-electron chi connectivity index (χ3n) is 3.70. The van der Waals surface area contributed by atoms with Crippen molar-refractivity contribution in [3.05, 3.63) is 23.9 Å². The molecule has 0 aromatic carbocycles. The van der Waals surface area contributed by atoms with Crippen LogP contribution in [0, 0.1) is 11.3 Å². The zero-order valence-corrected chi connectivity index (χ0v) is 11.9. The van der Waals surface area contributed by atoms with Gasteiger partial charge in [0.25, 0.3) is 5.91 Å². The van der Waals surface area contributed by atoms with E-state index in [2.05, 4.69) is 15.8 Å². The Kier molecular flexibility index (Phi) is 4.26. The van der Waals surface area contributed by atoms with Crippen LogP contribution < -0.4 is 4.74 Å². The second-order valence-electron chi connectivity index (χ2n) is 5.15. The van der Waals surface area contributed by atoms with Crippen molar-refractivity contribution in [2.75, 3.05) is 13.7 Å². The fourth-order valence-corrected chi connectivity index (χ4v) is 2.17. The number of alkyl halides is 3. The van der Waals surface area contributed by atoms with Gasteiger partial charge >= 0.3 is 6.18 Å². The fraction of sp³-hybridized carbons (Fsp3) is 0.500. The van der Waals surface area contributed by atoms with E-state index in [4.69, 9.17) is 0 Å². The second-order valence-corrected chi connectivity index (χ2v) is 5.15. The first kappa shape index (κ1) is 16.1. The molecule has 118 valence electrons. The average Bonchev–Trinajstić information content (AvgIpc) is 2.43. The third kappa shape index (κ3) is 3.30. The molecule has 0 radical (unpaired) electrons. The summed E-state index contributed by atoms with van der Waals surface area (Å²) >= 11 is 0. The molecule has 2 rings (SSSR count). The van der Waals surface area contributed by atoms with Gasteiger partial charge in [0.1, 0.15) is 5.54 Å². The summed E-state index contributed by atoms with van der Waals surface area (Å²) in [5.41, 5.74) is -0.592. The maximum Gasteiger partial charge on any atom is 0.422 e. The largest absolute Gasteiger partial charge is 0.468 e. The first-order chi connectivity index (χ1) is 10.3. The lowest BCUT2D eigenvalue weighted by molar-refractivity contribution is -0.154. The summed E-state index contributed by atoms with van der Waals surface area (Å²) in [4.78, 5) is 17.3. The van der Waals surface area contributed by atoms with E-state index in [1.54, 1.807) is 7.05 Å². The summed E-state index contributed by atoms with van der Waals surface area (Å²) in [5, 5.41) is 9.21. The van der Waals surface area contributed by atoms with Crippen LogP contribution in [-0.4, -0.2) is 41.2 Å². The summed E-state index contributed by atoms with van der Waals surface area (Å²) in [6.45, 7) is -1.44. The van der Waals surface area contributed by atoms with Gasteiger partial charge in [-0.05, 0) is 25.3 Å². The van der Waals surface area contributed by atoms with Crippen LogP contribution in [0.5, 0.6) is 5.88 Å². The number of rotatable bonds is 4. The Hall–Kier alpha value is -2.30. The van der Waals surface area contributed by atoms with Gasteiger partial charge in [-0.15, -0.1) is 0 Å². The molecule has 0 aliphatic heterocycles. The molecule has 1 saturated carbocycles. The number of hydrogen-bond donors (Lipinski definition) is 0. The predicted molar refractivity (Wildman–Crippen MR) is 70.1 cm³/mol. The van der Waals surface area contributed by atoms with E-state index in [1.165, 1.54) is 17.0 Å². The van der Waals surface area contributed by atoms with Gasteiger partial charge in [0.05, 0.1) is 11.6 Å². The zero-order valence-electron chi connectivity index (χ0n) is 11.9. The molecular formula is C14H14F3N3O2. The van der Waals surface area contributed by atoms with Crippen molar-refractivity contribution < 1.29 is 22.7 Å². The molecule has 22 heavy (non-hydrogen) atoms. The summed E-state index contributed by atoms with van der Waals surface area (Å²) in [7, 11) is 1.54. The normalized spacial score (nSPS) is 16.3. The van der Waals surface area contributed by atoms with Crippen LogP contribution in [0.15, 0.2) is 18.3 Å². The lowest BCUT2D eigenvalue weighted by Gasteiger charge is -2.42. The van der Waals surface area contributed by atoms with Crippen molar-refractivity contribution in [2.45, 2.75) is 31.0 Å². The Labute approximate surface area is 125 Å². The number of nitriles is 1. The van der Waals surface area contributed by atoms with Gasteiger partial charge in [0, 0.05) is 19.3 Å². The Morgan fingerprint density at radius 1 is 1.50 bits per heavy atom. The van der Waals surface area contributed by atoms with Gasteiger partial charge in [-0.25, -0.2) is 4.98 Å². The van der Waals surface area contributed by atoms with Crippen LogP contribution in [0.25, 0.3) is 0 Å². The van der Waals surface area contributed by atoms with Crippen LogP contribution in [0.4, 0.5) is 13.2 Å². The first-order valence-electron chi connectivity index (χ1n) is 6.62. The van der Waals surface area contributed by atoms with Gasteiger partial charge in [-0.3, -0.25) is 4.79 Å². The minimum atomic E-state index is -4.44. The molecule has 1 aromatic heterocycles. The highest BCUT2D eigenvalue weighted by molar-refractivity contribution is 5.94. The molecule has 0 atom stereocenters. The summed E-state index contributed by atoms with van der Waals surface area (Å²) in [5.74, 6) is -0.605. The topological polar surface area (TPSA) is 66.2 Å². The van der Waals surface area contributed by atoms with E-state index >= 15 is 0 Å². The molecule has 1 aliphatic carbocycles. The number of pyridine rings is 1. The Morgan fingerprint density at radius 3 is 2.59 bits per heavy atom. The molecular weight excluding hydrogens is 299 g/mol. The maximum absolute atomic E-state index is 12.3. The van der Waals surface area contributed by atoms with Crippen LogP contribution in [0.3, 0.4) is 0 Å². The molecule has 8 heteroatoms. The minimum Gasteiger partial charge on any atom is -0.468 e. The Balaban J connectivity index is 2.04. The number of hydrogen-bond acceptors (Lipinski definition) is 4. The van der Waals surface area contributed by atoms with E-state index in [0.717, 1.165) is 12.6 Å². The second kappa shape index (κ2) is 5.83. The van der Waals surface area contributed by atoms with E-state index in [0.29, 0.717) is 12.8 Å². The minimum absolute atomic E-state index is 0.198. The number of aromatic nitrogens is 1. The van der Waals surface area contributed by atoms with Crippen molar-refractivity contribution in [3.8, 4) is 11.9 Å². The van der Waals surface area contributed by atoms with E-state index in [-0.39, 0.29) is 11.4 Å². The molecule has 0 N–H and O–H groups in total. The number of nitrogens with zero attached hydrogens (tertiary/aromatic N) is 3. The SMILES string of the molecule is CN(C(=O)c1ccc(OCC(F)(F)F)nc1)C1(C#N)CCC1. The third-order valence-corrected chi connectivity index (χ3v) is 3.70. The van der Waals surface area contributed by atoms with E-state index in [9.17, 15) is 23.2 Å². The van der Waals surface area contributed by atoms with Crippen molar-refractivity contribution in [1.82, 2.24) is 9.88 Å². The first-order valence-corrected chi connectivity index (χ1v) is 6.62. The van der Waals surface area contributed by atoms with E-state index < -0.39 is 24.2 Å². The quantitative estimate of drug-likeness (QED) is 0.857. The average molecular weight is 313 g/mol. The number of amides is 1. The van der Waals surface area contributed by atoms with Crippen molar-refractivity contribution in [1.29, 1.82) is 5.26 Å². The highest BCUT2D eigenvalue weighted by Crippen LogP contribution is 2.36. The number of ether oxygens (including phenoxy) is 1. The standard InChI is InChI=1S/C14H14F3N3O2/c1-20(13(8-18)5-2-6-13)12(21)10-3-4-11(19-7-10)22-9-14(15,16)17/h3-4,7H,2,5-6,9H2,1H3. The molecule has 1 amide bonds. The van der Waals surface area contributed by atoms with E-state index in [1.807, 2.05) is 0 Å². The highest BCUT2D eigenvalue weighted by atomic mass is 19.4. The smallest absolute Gasteiger partial charge is 0.422 e. The van der Waals surface area contributed by atoms with Gasteiger partial charge in [0.2, 0.25) is 5.88 Å². The Morgan fingerprint density at radius 2 is 2.18 bits per heavy atom. The Bertz CT molecular complexity index is 589. The number of carbonyl (C=O) groups is 1. The van der Waals surface area contributed by atoms with Crippen molar-refractivity contribution in [3.63, 3.8) is 0 Å². The summed E-state index contributed by atoms with van der Waals surface area (Å²) in [6.07, 6.45) is -1.18. The molecule has 1 aromatic rings. The molecule has 1 heterocycles. The molecule has 1 aliphatic rings. The van der Waals surface area contributed by atoms with Gasteiger partial charge in [0.15, 0.2) is 6.61 Å². The van der Waals surface area contributed by atoms with Crippen LogP contribution >= 0.6 is 0 Å². The van der Waals surface area contributed by atoms with Crippen molar-refractivity contribution in [2.24, 2.45) is 0 Å². The zero-order chi connectivity index (χ0) is 16.4. The molecule has 1 fully saturated rings. The molecule has 5 nitrogen and oxygen atoms in total. The van der Waals surface area contributed by atoms with Crippen molar-refractivity contribution >= 4 is 5.91 Å². The summed E-state index contributed by atoms with van der Waals surface area (Å²) in [6, 6.07) is 4.68. The maximum atomic E-state index is 12.3. The lowest BCUT2D eigenvalue weighted by atomic mass is 9.76. The lowest BCUT2D eigenvalue weighted by Crippen LogP contribution is -2.53. The van der Waals surface area contributed by atoms with Crippen LogP contribution in [0.1, 0.15) is 29.6 Å².